The molecular weight excluding hydrogens is 300 g/mol. The number of nitrogens with one attached hydrogen (secondary N) is 1. The van der Waals surface area contributed by atoms with Gasteiger partial charge in [0.05, 0.1) is 11.5 Å². The monoisotopic (exact) mass is 322 g/mol. The van der Waals surface area contributed by atoms with Crippen LogP contribution in [0.2, 0.25) is 0 Å². The maximum absolute atomic E-state index is 12.9. The Morgan fingerprint density at radius 3 is 2.52 bits per heavy atom. The number of carbonyl (C=O) groups excluding carboxylic acids is 1. The second-order valence-electron chi connectivity index (χ2n) is 5.53. The Kier molecular flexibility index (Phi) is 6.03. The standard InChI is InChI=1S/C15H22N4O4/c1-17(10-11-20)14(15(21)18-8-6-16-7-9-18)12-2-4-13(5-3-12)19(22)23/h2-5,14,16,20H,6-11H2,1H3. The first-order chi connectivity index (χ1) is 11.0. The summed E-state index contributed by atoms with van der Waals surface area (Å²) in [6.45, 7) is 3.06. The number of non-ortho nitro benzene ring substituents is 1. The minimum atomic E-state index is -0.555. The van der Waals surface area contributed by atoms with E-state index < -0.39 is 11.0 Å². The van der Waals surface area contributed by atoms with Crippen LogP contribution in [0.4, 0.5) is 5.69 Å². The largest absolute Gasteiger partial charge is 0.395 e. The fraction of sp³-hybridized carbons (Fsp3) is 0.533. The maximum atomic E-state index is 12.9. The van der Waals surface area contributed by atoms with Gasteiger partial charge in [0.25, 0.3) is 5.69 Å². The summed E-state index contributed by atoms with van der Waals surface area (Å²) in [6.07, 6.45) is 0. The Morgan fingerprint density at radius 1 is 1.39 bits per heavy atom. The van der Waals surface area contributed by atoms with Gasteiger partial charge in [-0.05, 0) is 12.6 Å². The van der Waals surface area contributed by atoms with Gasteiger partial charge >= 0.3 is 0 Å². The number of benzene rings is 1. The van der Waals surface area contributed by atoms with Gasteiger partial charge in [0.2, 0.25) is 5.91 Å². The quantitative estimate of drug-likeness (QED) is 0.565. The van der Waals surface area contributed by atoms with E-state index in [1.807, 2.05) is 0 Å². The average Bonchev–Trinajstić information content (AvgIpc) is 2.56. The molecule has 0 spiro atoms. The summed E-state index contributed by atoms with van der Waals surface area (Å²) in [6, 6.07) is 5.47. The maximum Gasteiger partial charge on any atom is 0.269 e. The Hall–Kier alpha value is -2.03. The first-order valence-electron chi connectivity index (χ1n) is 7.59. The van der Waals surface area contributed by atoms with Crippen LogP contribution in [0.5, 0.6) is 0 Å². The minimum absolute atomic E-state index is 0.00747. The summed E-state index contributed by atoms with van der Waals surface area (Å²) in [5.41, 5.74) is 0.682. The number of likely N-dealkylation sites (N-methyl/N-ethyl adjacent to an activating group) is 1. The van der Waals surface area contributed by atoms with E-state index in [9.17, 15) is 20.0 Å². The van der Waals surface area contributed by atoms with Crippen molar-refractivity contribution in [3.05, 3.63) is 39.9 Å². The summed E-state index contributed by atoms with van der Waals surface area (Å²) in [5, 5.41) is 23.2. The third-order valence-corrected chi connectivity index (χ3v) is 3.98. The molecule has 1 saturated heterocycles. The lowest BCUT2D eigenvalue weighted by Crippen LogP contribution is -2.50. The van der Waals surface area contributed by atoms with Crippen LogP contribution >= 0.6 is 0 Å². The number of hydrogen-bond acceptors (Lipinski definition) is 6. The number of aliphatic hydroxyl groups excluding tert-OH is 1. The summed E-state index contributed by atoms with van der Waals surface area (Å²) >= 11 is 0. The van der Waals surface area contributed by atoms with Crippen LogP contribution in [0.3, 0.4) is 0 Å². The van der Waals surface area contributed by atoms with E-state index in [1.165, 1.54) is 12.1 Å². The molecule has 0 radical (unpaired) electrons. The number of aliphatic hydroxyl groups is 1. The predicted octanol–water partition coefficient (Wildman–Crippen LogP) is -0.00820. The molecule has 1 amide bonds. The molecule has 0 aromatic heterocycles. The van der Waals surface area contributed by atoms with E-state index in [1.54, 1.807) is 29.0 Å². The molecule has 8 heteroatoms. The Labute approximate surface area is 134 Å². The van der Waals surface area contributed by atoms with E-state index in [0.29, 0.717) is 25.2 Å². The molecule has 126 valence electrons. The molecule has 0 saturated carbocycles. The van der Waals surface area contributed by atoms with Gasteiger partial charge in [-0.15, -0.1) is 0 Å². The highest BCUT2D eigenvalue weighted by atomic mass is 16.6. The Balaban J connectivity index is 2.25. The summed E-state index contributed by atoms with van der Waals surface area (Å²) in [5.74, 6) is -0.0451. The van der Waals surface area contributed by atoms with E-state index >= 15 is 0 Å². The molecule has 1 aromatic rings. The van der Waals surface area contributed by atoms with Crippen molar-refractivity contribution in [2.75, 3.05) is 46.4 Å². The first-order valence-corrected chi connectivity index (χ1v) is 7.59. The molecule has 0 bridgehead atoms. The fourth-order valence-electron chi connectivity index (χ4n) is 2.71. The lowest BCUT2D eigenvalue weighted by atomic mass is 10.0. The molecule has 1 aromatic carbocycles. The van der Waals surface area contributed by atoms with Crippen LogP contribution < -0.4 is 5.32 Å². The lowest BCUT2D eigenvalue weighted by molar-refractivity contribution is -0.384. The van der Waals surface area contributed by atoms with Crippen molar-refractivity contribution in [1.29, 1.82) is 0 Å². The zero-order chi connectivity index (χ0) is 16.8. The molecule has 8 nitrogen and oxygen atoms in total. The summed E-state index contributed by atoms with van der Waals surface area (Å²) in [4.78, 5) is 26.7. The summed E-state index contributed by atoms with van der Waals surface area (Å²) < 4.78 is 0. The van der Waals surface area contributed by atoms with Crippen molar-refractivity contribution in [2.24, 2.45) is 0 Å². The topological polar surface area (TPSA) is 99.0 Å². The first kappa shape index (κ1) is 17.3. The fourth-order valence-corrected chi connectivity index (χ4v) is 2.71. The van der Waals surface area contributed by atoms with E-state index in [4.69, 9.17) is 0 Å². The van der Waals surface area contributed by atoms with Crippen LogP contribution in [0.1, 0.15) is 11.6 Å². The van der Waals surface area contributed by atoms with Gasteiger partial charge in [-0.3, -0.25) is 19.8 Å². The molecule has 1 atom stereocenters. The highest BCUT2D eigenvalue weighted by Gasteiger charge is 2.30. The number of hydrogen-bond donors (Lipinski definition) is 2. The Bertz CT molecular complexity index is 543. The van der Waals surface area contributed by atoms with Crippen molar-refractivity contribution < 1.29 is 14.8 Å². The molecule has 1 fully saturated rings. The zero-order valence-electron chi connectivity index (χ0n) is 13.1. The molecule has 23 heavy (non-hydrogen) atoms. The van der Waals surface area contributed by atoms with E-state index in [0.717, 1.165) is 13.1 Å². The molecule has 1 heterocycles. The van der Waals surface area contributed by atoms with E-state index in [-0.39, 0.29) is 18.2 Å². The van der Waals surface area contributed by atoms with Crippen LogP contribution in [-0.4, -0.2) is 72.1 Å². The van der Waals surface area contributed by atoms with Crippen molar-refractivity contribution in [3.8, 4) is 0 Å². The van der Waals surface area contributed by atoms with Crippen LogP contribution in [0.25, 0.3) is 0 Å². The Morgan fingerprint density at radius 2 is 2.00 bits per heavy atom. The number of piperazine rings is 1. The average molecular weight is 322 g/mol. The molecule has 0 aliphatic carbocycles. The van der Waals surface area contributed by atoms with Gasteiger partial charge in [0.1, 0.15) is 6.04 Å². The minimum Gasteiger partial charge on any atom is -0.395 e. The number of nitrogens with zero attached hydrogens (tertiary/aromatic N) is 3. The smallest absolute Gasteiger partial charge is 0.269 e. The van der Waals surface area contributed by atoms with Gasteiger partial charge in [-0.2, -0.15) is 0 Å². The highest BCUT2D eigenvalue weighted by molar-refractivity contribution is 5.83. The third kappa shape index (κ3) is 4.25. The summed E-state index contributed by atoms with van der Waals surface area (Å²) in [7, 11) is 1.77. The van der Waals surface area contributed by atoms with Crippen molar-refractivity contribution in [3.63, 3.8) is 0 Å². The van der Waals surface area contributed by atoms with Crippen LogP contribution in [0, 0.1) is 10.1 Å². The number of rotatable bonds is 6. The molecular formula is C15H22N4O4. The molecule has 1 aliphatic rings. The second-order valence-corrected chi connectivity index (χ2v) is 5.53. The van der Waals surface area contributed by atoms with E-state index in [2.05, 4.69) is 5.32 Å². The SMILES string of the molecule is CN(CCO)C(C(=O)N1CCNCC1)c1ccc([N+](=O)[O-])cc1. The second kappa shape index (κ2) is 8.00. The van der Waals surface area contributed by atoms with Crippen LogP contribution in [0.15, 0.2) is 24.3 Å². The van der Waals surface area contributed by atoms with Crippen molar-refractivity contribution >= 4 is 11.6 Å². The third-order valence-electron chi connectivity index (χ3n) is 3.98. The van der Waals surface area contributed by atoms with Crippen molar-refractivity contribution in [1.82, 2.24) is 15.1 Å². The number of amides is 1. The lowest BCUT2D eigenvalue weighted by Gasteiger charge is -2.34. The molecule has 1 unspecified atom stereocenters. The van der Waals surface area contributed by atoms with Crippen molar-refractivity contribution in [2.45, 2.75) is 6.04 Å². The van der Waals surface area contributed by atoms with Gasteiger partial charge in [0, 0.05) is 44.9 Å². The van der Waals surface area contributed by atoms with Gasteiger partial charge in [-0.25, -0.2) is 0 Å². The highest BCUT2D eigenvalue weighted by Crippen LogP contribution is 2.24. The number of nitro groups is 1. The molecule has 1 aliphatic heterocycles. The molecule has 2 rings (SSSR count). The predicted molar refractivity (Wildman–Crippen MR) is 85.0 cm³/mol. The van der Waals surface area contributed by atoms with Gasteiger partial charge in [0.15, 0.2) is 0 Å². The number of nitro benzene ring substituents is 1. The van der Waals surface area contributed by atoms with Gasteiger partial charge in [-0.1, -0.05) is 12.1 Å². The van der Waals surface area contributed by atoms with Crippen LogP contribution in [-0.2, 0) is 4.79 Å². The normalized spacial score (nSPS) is 16.4. The zero-order valence-corrected chi connectivity index (χ0v) is 13.1. The van der Waals surface area contributed by atoms with Gasteiger partial charge < -0.3 is 15.3 Å². The molecule has 2 N–H and O–H groups in total. The number of carbonyl (C=O) groups is 1.